The number of nitrogens with zero attached hydrogens (tertiary/aromatic N) is 1. The molecule has 0 amide bonds. The molecule has 3 aromatic rings. The minimum Gasteiger partial charge on any atom is -0.462 e. The van der Waals surface area contributed by atoms with E-state index in [9.17, 15) is 9.18 Å². The van der Waals surface area contributed by atoms with Gasteiger partial charge in [0.1, 0.15) is 23.0 Å². The van der Waals surface area contributed by atoms with Gasteiger partial charge in [0.05, 0.1) is 12.3 Å². The number of benzene rings is 2. The first-order valence-electron chi connectivity index (χ1n) is 7.86. The van der Waals surface area contributed by atoms with E-state index in [-0.39, 0.29) is 23.6 Å². The lowest BCUT2D eigenvalue weighted by atomic mass is 10.00. The number of carbonyl (C=O) groups is 1. The van der Waals surface area contributed by atoms with Gasteiger partial charge in [0.2, 0.25) is 0 Å². The summed E-state index contributed by atoms with van der Waals surface area (Å²) in [5, 5.41) is 1.63. The third kappa shape index (κ3) is 3.24. The molecule has 0 saturated heterocycles. The zero-order valence-corrected chi connectivity index (χ0v) is 15.0. The quantitative estimate of drug-likeness (QED) is 0.541. The van der Waals surface area contributed by atoms with Gasteiger partial charge in [0, 0.05) is 11.8 Å². The first-order chi connectivity index (χ1) is 12.6. The van der Waals surface area contributed by atoms with E-state index in [2.05, 4.69) is 13.8 Å². The summed E-state index contributed by atoms with van der Waals surface area (Å²) in [7, 11) is 3.14. The number of pyridine rings is 1. The van der Waals surface area contributed by atoms with Crippen molar-refractivity contribution in [1.82, 2.24) is 4.98 Å². The summed E-state index contributed by atoms with van der Waals surface area (Å²) >= 11 is 0. The van der Waals surface area contributed by atoms with Crippen LogP contribution in [0.4, 0.5) is 10.1 Å². The third-order valence-electron chi connectivity index (χ3n) is 3.84. The van der Waals surface area contributed by atoms with E-state index in [1.165, 1.54) is 12.2 Å². The van der Waals surface area contributed by atoms with Crippen molar-refractivity contribution in [2.75, 3.05) is 12.3 Å². The predicted octanol–water partition coefficient (Wildman–Crippen LogP) is 4.08. The Balaban J connectivity index is 2.22. The zero-order chi connectivity index (χ0) is 18.7. The summed E-state index contributed by atoms with van der Waals surface area (Å²) in [6.07, 6.45) is 1.23. The molecule has 0 bridgehead atoms. The number of esters is 1. The number of hydrogen-bond donors (Lipinski definition) is 1. The van der Waals surface area contributed by atoms with Crippen LogP contribution in [0.3, 0.4) is 0 Å². The highest BCUT2D eigenvalue weighted by Gasteiger charge is 2.21. The monoisotopic (exact) mass is 370 g/mol. The minimum absolute atomic E-state index is 0.0335. The van der Waals surface area contributed by atoms with E-state index in [1.54, 1.807) is 13.0 Å². The molecule has 2 N–H and O–H groups in total. The van der Waals surface area contributed by atoms with Crippen molar-refractivity contribution in [3.63, 3.8) is 0 Å². The summed E-state index contributed by atoms with van der Waals surface area (Å²) in [5.41, 5.74) is 5.98. The summed E-state index contributed by atoms with van der Waals surface area (Å²) in [6, 6.07) is 10.9. The second kappa shape index (κ2) is 7.50. The van der Waals surface area contributed by atoms with Gasteiger partial charge in [-0.25, -0.2) is 9.18 Å². The molecule has 1 aromatic heterocycles. The van der Waals surface area contributed by atoms with Crippen LogP contribution in [0, 0.1) is 5.82 Å². The minimum atomic E-state index is -0.778. The van der Waals surface area contributed by atoms with Gasteiger partial charge in [-0.05, 0) is 29.8 Å². The highest BCUT2D eigenvalue weighted by molar-refractivity contribution is 7.17. The molecule has 1 heterocycles. The van der Waals surface area contributed by atoms with Crippen molar-refractivity contribution < 1.29 is 18.7 Å². The van der Waals surface area contributed by atoms with Crippen molar-refractivity contribution in [1.29, 1.82) is 0 Å². The SMILES string of the molecule is CCOC(=O)c1cnc(-c2cc(OC=P)cc3ccccc23)c(F)c1N. The lowest BCUT2D eigenvalue weighted by molar-refractivity contribution is 0.0526. The van der Waals surface area contributed by atoms with Gasteiger partial charge in [-0.15, -0.1) is 0 Å². The molecule has 0 spiro atoms. The van der Waals surface area contributed by atoms with E-state index in [0.29, 0.717) is 11.3 Å². The summed E-state index contributed by atoms with van der Waals surface area (Å²) in [5.74, 6) is 0.359. The molecule has 2 aromatic carbocycles. The molecule has 7 heteroatoms. The largest absolute Gasteiger partial charge is 0.462 e. The molecule has 0 atom stereocenters. The third-order valence-corrected chi connectivity index (χ3v) is 3.96. The van der Waals surface area contributed by atoms with E-state index in [4.69, 9.17) is 15.2 Å². The topological polar surface area (TPSA) is 74.4 Å². The van der Waals surface area contributed by atoms with Crippen molar-refractivity contribution in [2.24, 2.45) is 0 Å². The Labute approximate surface area is 151 Å². The maximum atomic E-state index is 14.9. The maximum absolute atomic E-state index is 14.9. The van der Waals surface area contributed by atoms with Gasteiger partial charge >= 0.3 is 5.97 Å². The van der Waals surface area contributed by atoms with Gasteiger partial charge < -0.3 is 15.2 Å². The zero-order valence-electron chi connectivity index (χ0n) is 14.0. The molecule has 0 aliphatic rings. The standard InChI is InChI=1S/C19H16FN2O3P/c1-2-24-19(23)15-9-22-18(16(20)17(15)21)14-8-12(25-10-26)7-11-5-3-4-6-13(11)14/h3-10,26H,2H2,1H3,(H2,21,22). The Morgan fingerprint density at radius 1 is 1.35 bits per heavy atom. The molecule has 132 valence electrons. The highest BCUT2D eigenvalue weighted by Crippen LogP contribution is 2.35. The Kier molecular flexibility index (Phi) is 5.14. The average Bonchev–Trinajstić information content (AvgIpc) is 2.64. The number of halogens is 1. The number of nitrogen functional groups attached to an aromatic ring is 1. The Bertz CT molecular complexity index is 1010. The normalized spacial score (nSPS) is 10.5. The summed E-state index contributed by atoms with van der Waals surface area (Å²) < 4.78 is 25.2. The number of ether oxygens (including phenoxy) is 2. The van der Waals surface area contributed by atoms with Crippen LogP contribution in [0.1, 0.15) is 17.3 Å². The highest BCUT2D eigenvalue weighted by atomic mass is 31.0. The molecular weight excluding hydrogens is 354 g/mol. The number of aromatic nitrogens is 1. The van der Waals surface area contributed by atoms with Crippen LogP contribution in [-0.2, 0) is 4.74 Å². The van der Waals surface area contributed by atoms with Crippen LogP contribution in [-0.4, -0.2) is 23.5 Å². The number of nitrogens with two attached hydrogens (primary N) is 1. The van der Waals surface area contributed by atoms with Crippen molar-refractivity contribution >= 4 is 37.3 Å². The second-order valence-electron chi connectivity index (χ2n) is 5.40. The van der Waals surface area contributed by atoms with Gasteiger partial charge in [-0.1, -0.05) is 33.1 Å². The Hall–Kier alpha value is -2.98. The van der Waals surface area contributed by atoms with Crippen LogP contribution in [0.25, 0.3) is 22.0 Å². The predicted molar refractivity (Wildman–Crippen MR) is 103 cm³/mol. The summed E-state index contributed by atoms with van der Waals surface area (Å²) in [6.45, 7) is 1.82. The number of hydrogen-bond acceptors (Lipinski definition) is 5. The fraction of sp³-hybridized carbons (Fsp3) is 0.105. The van der Waals surface area contributed by atoms with Crippen LogP contribution >= 0.6 is 8.86 Å². The number of fused-ring (bicyclic) bond motifs is 1. The van der Waals surface area contributed by atoms with Gasteiger partial charge in [-0.3, -0.25) is 4.98 Å². The first-order valence-corrected chi connectivity index (χ1v) is 8.44. The molecule has 5 nitrogen and oxygen atoms in total. The smallest absolute Gasteiger partial charge is 0.341 e. The fourth-order valence-corrected chi connectivity index (χ4v) is 2.81. The molecular formula is C19H16FN2O3P. The first kappa shape index (κ1) is 17.8. The molecule has 0 aliphatic carbocycles. The molecule has 26 heavy (non-hydrogen) atoms. The lowest BCUT2D eigenvalue weighted by Crippen LogP contribution is -2.11. The molecule has 0 unspecified atom stereocenters. The number of anilines is 1. The average molecular weight is 370 g/mol. The van der Waals surface area contributed by atoms with E-state index < -0.39 is 11.8 Å². The lowest BCUT2D eigenvalue weighted by Gasteiger charge is -2.12. The van der Waals surface area contributed by atoms with Crippen molar-refractivity contribution in [3.05, 3.63) is 54.0 Å². The molecule has 0 aliphatic heterocycles. The van der Waals surface area contributed by atoms with Crippen LogP contribution in [0.5, 0.6) is 5.75 Å². The molecule has 0 fully saturated rings. The van der Waals surface area contributed by atoms with Crippen LogP contribution in [0.2, 0.25) is 0 Å². The van der Waals surface area contributed by atoms with Crippen LogP contribution in [0.15, 0.2) is 42.6 Å². The maximum Gasteiger partial charge on any atom is 0.341 e. The Morgan fingerprint density at radius 2 is 2.12 bits per heavy atom. The molecule has 3 rings (SSSR count). The second-order valence-corrected chi connectivity index (χ2v) is 5.63. The number of carbonyl (C=O) groups excluding carboxylic acids is 1. The van der Waals surface area contributed by atoms with E-state index in [0.717, 1.165) is 10.8 Å². The summed E-state index contributed by atoms with van der Waals surface area (Å²) in [4.78, 5) is 16.0. The molecule has 0 saturated carbocycles. The Morgan fingerprint density at radius 3 is 2.85 bits per heavy atom. The van der Waals surface area contributed by atoms with E-state index in [1.807, 2.05) is 30.3 Å². The fourth-order valence-electron chi connectivity index (χ4n) is 2.68. The van der Waals surface area contributed by atoms with Crippen molar-refractivity contribution in [2.45, 2.75) is 6.92 Å². The molecule has 0 radical (unpaired) electrons. The number of rotatable bonds is 5. The van der Waals surface area contributed by atoms with Gasteiger partial charge in [-0.2, -0.15) is 0 Å². The van der Waals surface area contributed by atoms with Gasteiger partial charge in [0.15, 0.2) is 5.82 Å². The van der Waals surface area contributed by atoms with Gasteiger partial charge in [0.25, 0.3) is 0 Å². The van der Waals surface area contributed by atoms with E-state index >= 15 is 0 Å². The van der Waals surface area contributed by atoms with Crippen LogP contribution < -0.4 is 10.5 Å². The van der Waals surface area contributed by atoms with Crippen molar-refractivity contribution in [3.8, 4) is 17.0 Å².